The third kappa shape index (κ3) is 4.45. The van der Waals surface area contributed by atoms with E-state index in [4.69, 9.17) is 9.15 Å². The fourth-order valence-corrected chi connectivity index (χ4v) is 3.33. The Hall–Kier alpha value is -2.76. The lowest BCUT2D eigenvalue weighted by atomic mass is 9.81. The molecule has 2 amide bonds. The van der Waals surface area contributed by atoms with Crippen molar-refractivity contribution in [2.24, 2.45) is 11.8 Å². The lowest BCUT2D eigenvalue weighted by Crippen LogP contribution is -2.35. The van der Waals surface area contributed by atoms with Crippen molar-refractivity contribution in [3.8, 4) is 5.75 Å². The molecule has 6 nitrogen and oxygen atoms in total. The van der Waals surface area contributed by atoms with Crippen LogP contribution in [0.4, 0.5) is 5.69 Å². The molecular formula is C20H24N2O4. The van der Waals surface area contributed by atoms with Gasteiger partial charge in [-0.2, -0.15) is 0 Å². The second-order valence-corrected chi connectivity index (χ2v) is 6.54. The van der Waals surface area contributed by atoms with Gasteiger partial charge >= 0.3 is 0 Å². The maximum atomic E-state index is 12.5. The second kappa shape index (κ2) is 8.56. The summed E-state index contributed by atoms with van der Waals surface area (Å²) >= 11 is 0. The Morgan fingerprint density at radius 3 is 2.38 bits per heavy atom. The zero-order valence-electron chi connectivity index (χ0n) is 14.9. The fraction of sp³-hybridized carbons (Fsp3) is 0.400. The summed E-state index contributed by atoms with van der Waals surface area (Å²) in [5.74, 6) is 1.29. The number of anilines is 1. The molecule has 6 heteroatoms. The maximum absolute atomic E-state index is 12.5. The van der Waals surface area contributed by atoms with Crippen LogP contribution < -0.4 is 15.4 Å². The highest BCUT2D eigenvalue weighted by molar-refractivity contribution is 5.94. The molecule has 0 spiro atoms. The fourth-order valence-electron chi connectivity index (χ4n) is 3.33. The van der Waals surface area contributed by atoms with Crippen molar-refractivity contribution in [2.75, 3.05) is 12.4 Å². The van der Waals surface area contributed by atoms with Gasteiger partial charge in [0.05, 0.1) is 25.6 Å². The highest BCUT2D eigenvalue weighted by Crippen LogP contribution is 2.31. The lowest BCUT2D eigenvalue weighted by Gasteiger charge is -2.27. The van der Waals surface area contributed by atoms with Crippen molar-refractivity contribution in [1.29, 1.82) is 0 Å². The number of para-hydroxylation sites is 2. The van der Waals surface area contributed by atoms with E-state index in [1.54, 1.807) is 19.4 Å². The molecule has 0 bridgehead atoms. The Morgan fingerprint density at radius 1 is 1.04 bits per heavy atom. The first-order valence-electron chi connectivity index (χ1n) is 8.91. The third-order valence-corrected chi connectivity index (χ3v) is 4.85. The minimum Gasteiger partial charge on any atom is -0.495 e. The Bertz CT molecular complexity index is 734. The Labute approximate surface area is 152 Å². The smallest absolute Gasteiger partial charge is 0.227 e. The van der Waals surface area contributed by atoms with E-state index in [0.717, 1.165) is 5.76 Å². The van der Waals surface area contributed by atoms with Gasteiger partial charge in [0.1, 0.15) is 11.5 Å². The first-order valence-corrected chi connectivity index (χ1v) is 8.91. The molecule has 26 heavy (non-hydrogen) atoms. The Balaban J connectivity index is 1.46. The van der Waals surface area contributed by atoms with Crippen molar-refractivity contribution in [3.63, 3.8) is 0 Å². The molecular weight excluding hydrogens is 332 g/mol. The summed E-state index contributed by atoms with van der Waals surface area (Å²) < 4.78 is 10.5. The number of furan rings is 1. The summed E-state index contributed by atoms with van der Waals surface area (Å²) in [6, 6.07) is 11.0. The van der Waals surface area contributed by atoms with Gasteiger partial charge in [-0.15, -0.1) is 0 Å². The van der Waals surface area contributed by atoms with Crippen LogP contribution in [0.5, 0.6) is 5.75 Å². The second-order valence-electron chi connectivity index (χ2n) is 6.54. The predicted molar refractivity (Wildman–Crippen MR) is 97.6 cm³/mol. The van der Waals surface area contributed by atoms with Gasteiger partial charge < -0.3 is 19.8 Å². The monoisotopic (exact) mass is 356 g/mol. The molecule has 138 valence electrons. The van der Waals surface area contributed by atoms with Crippen LogP contribution in [0.15, 0.2) is 47.1 Å². The van der Waals surface area contributed by atoms with Crippen molar-refractivity contribution >= 4 is 17.5 Å². The van der Waals surface area contributed by atoms with Crippen molar-refractivity contribution in [2.45, 2.75) is 32.2 Å². The number of hydrogen-bond donors (Lipinski definition) is 2. The summed E-state index contributed by atoms with van der Waals surface area (Å²) in [6.07, 6.45) is 4.44. The average molecular weight is 356 g/mol. The van der Waals surface area contributed by atoms with E-state index < -0.39 is 0 Å². The number of amides is 2. The lowest BCUT2D eigenvalue weighted by molar-refractivity contribution is -0.128. The molecule has 1 saturated carbocycles. The van der Waals surface area contributed by atoms with Gasteiger partial charge in [-0.05, 0) is 49.9 Å². The minimum atomic E-state index is -0.0750. The largest absolute Gasteiger partial charge is 0.495 e. The maximum Gasteiger partial charge on any atom is 0.227 e. The van der Waals surface area contributed by atoms with Crippen LogP contribution in [0, 0.1) is 11.8 Å². The van der Waals surface area contributed by atoms with Crippen LogP contribution in [0.1, 0.15) is 31.4 Å². The first-order chi connectivity index (χ1) is 12.7. The SMILES string of the molecule is COc1ccccc1NC(=O)C1CCC(C(=O)NCc2ccco2)CC1. The van der Waals surface area contributed by atoms with E-state index in [1.807, 2.05) is 30.3 Å². The topological polar surface area (TPSA) is 80.6 Å². The Morgan fingerprint density at radius 2 is 1.73 bits per heavy atom. The normalized spacial score (nSPS) is 19.6. The van der Waals surface area contributed by atoms with E-state index in [0.29, 0.717) is 43.7 Å². The molecule has 2 aromatic rings. The van der Waals surface area contributed by atoms with Gasteiger partial charge in [-0.3, -0.25) is 9.59 Å². The number of carbonyl (C=O) groups is 2. The van der Waals surface area contributed by atoms with Gasteiger partial charge in [0, 0.05) is 11.8 Å². The van der Waals surface area contributed by atoms with E-state index in [9.17, 15) is 9.59 Å². The predicted octanol–water partition coefficient (Wildman–Crippen LogP) is 3.35. The van der Waals surface area contributed by atoms with Crippen LogP contribution in [-0.4, -0.2) is 18.9 Å². The summed E-state index contributed by atoms with van der Waals surface area (Å²) in [5, 5.41) is 5.85. The number of nitrogens with one attached hydrogen (secondary N) is 2. The van der Waals surface area contributed by atoms with Crippen LogP contribution in [0.3, 0.4) is 0 Å². The number of rotatable bonds is 6. The van der Waals surface area contributed by atoms with Crippen molar-refractivity contribution in [1.82, 2.24) is 5.32 Å². The molecule has 1 aromatic heterocycles. The quantitative estimate of drug-likeness (QED) is 0.832. The molecule has 1 aromatic carbocycles. The average Bonchev–Trinajstić information content (AvgIpc) is 3.20. The molecule has 1 aliphatic rings. The third-order valence-electron chi connectivity index (χ3n) is 4.85. The molecule has 1 aliphatic carbocycles. The number of methoxy groups -OCH3 is 1. The number of benzene rings is 1. The summed E-state index contributed by atoms with van der Waals surface area (Å²) in [6.45, 7) is 0.403. The van der Waals surface area contributed by atoms with Crippen LogP contribution in [-0.2, 0) is 16.1 Å². The summed E-state index contributed by atoms with van der Waals surface area (Å²) in [7, 11) is 1.58. The molecule has 0 saturated heterocycles. The molecule has 1 fully saturated rings. The summed E-state index contributed by atoms with van der Waals surface area (Å²) in [5.41, 5.74) is 0.679. The zero-order valence-corrected chi connectivity index (χ0v) is 14.9. The van der Waals surface area contributed by atoms with Gasteiger partial charge in [-0.1, -0.05) is 12.1 Å². The standard InChI is InChI=1S/C20H24N2O4/c1-25-18-7-3-2-6-17(18)22-20(24)15-10-8-14(9-11-15)19(23)21-13-16-5-4-12-26-16/h2-7,12,14-15H,8-11,13H2,1H3,(H,21,23)(H,22,24). The molecule has 1 heterocycles. The van der Waals surface area contributed by atoms with Gasteiger partial charge in [0.15, 0.2) is 0 Å². The van der Waals surface area contributed by atoms with Gasteiger partial charge in [0.2, 0.25) is 11.8 Å². The minimum absolute atomic E-state index is 0.0102. The highest BCUT2D eigenvalue weighted by Gasteiger charge is 2.30. The highest BCUT2D eigenvalue weighted by atomic mass is 16.5. The zero-order chi connectivity index (χ0) is 18.4. The van der Waals surface area contributed by atoms with E-state index in [1.165, 1.54) is 0 Å². The molecule has 2 N–H and O–H groups in total. The molecule has 0 aliphatic heterocycles. The Kier molecular flexibility index (Phi) is 5.94. The van der Waals surface area contributed by atoms with Gasteiger partial charge in [0.25, 0.3) is 0 Å². The molecule has 0 unspecified atom stereocenters. The van der Waals surface area contributed by atoms with Crippen LogP contribution in [0.25, 0.3) is 0 Å². The van der Waals surface area contributed by atoms with Crippen molar-refractivity contribution in [3.05, 3.63) is 48.4 Å². The van der Waals surface area contributed by atoms with E-state index in [2.05, 4.69) is 10.6 Å². The molecule has 0 atom stereocenters. The number of hydrogen-bond acceptors (Lipinski definition) is 4. The molecule has 3 rings (SSSR count). The number of ether oxygens (including phenoxy) is 1. The summed E-state index contributed by atoms with van der Waals surface area (Å²) in [4.78, 5) is 24.8. The van der Waals surface area contributed by atoms with E-state index >= 15 is 0 Å². The van der Waals surface area contributed by atoms with Gasteiger partial charge in [-0.25, -0.2) is 0 Å². The van der Waals surface area contributed by atoms with Crippen LogP contribution >= 0.6 is 0 Å². The molecule has 0 radical (unpaired) electrons. The van der Waals surface area contributed by atoms with Crippen LogP contribution in [0.2, 0.25) is 0 Å². The number of carbonyl (C=O) groups excluding carboxylic acids is 2. The first kappa shape index (κ1) is 18.0. The van der Waals surface area contributed by atoms with E-state index in [-0.39, 0.29) is 23.7 Å². The van der Waals surface area contributed by atoms with Crippen molar-refractivity contribution < 1.29 is 18.7 Å².